The lowest BCUT2D eigenvalue weighted by molar-refractivity contribution is 0.147. The monoisotopic (exact) mass is 225 g/mol. The van der Waals surface area contributed by atoms with Gasteiger partial charge in [0.1, 0.15) is 0 Å². The Morgan fingerprint density at radius 1 is 1.56 bits per heavy atom. The van der Waals surface area contributed by atoms with Gasteiger partial charge in [-0.2, -0.15) is 0 Å². The Morgan fingerprint density at radius 2 is 2.38 bits per heavy atom. The molecule has 2 atom stereocenters. The lowest BCUT2D eigenvalue weighted by atomic mass is 9.93. The van der Waals surface area contributed by atoms with Crippen molar-refractivity contribution in [2.24, 2.45) is 5.89 Å². The summed E-state index contributed by atoms with van der Waals surface area (Å²) in [5, 5.41) is 2.49. The molecular weight excluding hydrogens is 196 g/mol. The van der Waals surface area contributed by atoms with Gasteiger partial charge in [-0.15, -0.1) is 0 Å². The van der Waals surface area contributed by atoms with Crippen molar-refractivity contribution in [1.29, 1.82) is 0 Å². The first kappa shape index (κ1) is 5.65. The fourth-order valence-electron chi connectivity index (χ4n) is 1.78. The van der Waals surface area contributed by atoms with Crippen LogP contribution < -0.4 is 5.32 Å². The fourth-order valence-corrected chi connectivity index (χ4v) is 1.78. The standard InChI is InChI=1S/C14H22N2/c1-12-8-9-16(11-14(12)15-2)10-13-6-4-3-5-7-13/h3-7,12,14-15H,8-11H2,1-2H3/i1D3,11D2,12D,14D. The van der Waals surface area contributed by atoms with Crippen LogP contribution in [-0.2, 0) is 6.54 Å². The number of rotatable bonds is 3. The molecule has 16 heavy (non-hydrogen) atoms. The van der Waals surface area contributed by atoms with E-state index in [0.29, 0.717) is 0 Å². The lowest BCUT2D eigenvalue weighted by Crippen LogP contribution is -2.48. The molecule has 1 heterocycles. The van der Waals surface area contributed by atoms with Crippen LogP contribution in [0.5, 0.6) is 0 Å². The SMILES string of the molecule is [2H]C([2H])([2H])C1([2H])CCN(Cc2ccccc2)C([2H])([2H])C1([2H])NC. The maximum atomic E-state index is 8.50. The molecule has 1 fully saturated rings. The van der Waals surface area contributed by atoms with E-state index in [-0.39, 0.29) is 19.5 Å². The molecular formula is C14H22N2. The Bertz CT molecular complexity index is 548. The smallest absolute Gasteiger partial charge is 0.0481 e. The second-order valence-corrected chi connectivity index (χ2v) is 3.87. The Labute approximate surface area is 108 Å². The van der Waals surface area contributed by atoms with Crippen molar-refractivity contribution in [2.45, 2.75) is 25.8 Å². The highest BCUT2D eigenvalue weighted by atomic mass is 15.2. The van der Waals surface area contributed by atoms with Crippen molar-refractivity contribution in [2.75, 3.05) is 20.1 Å². The molecule has 0 bridgehead atoms. The molecule has 1 aliphatic heterocycles. The minimum Gasteiger partial charge on any atom is -0.315 e. The molecule has 1 aliphatic rings. The largest absolute Gasteiger partial charge is 0.315 e. The van der Waals surface area contributed by atoms with Crippen LogP contribution in [0.15, 0.2) is 30.3 Å². The van der Waals surface area contributed by atoms with Crippen molar-refractivity contribution >= 4 is 0 Å². The zero-order valence-electron chi connectivity index (χ0n) is 16.5. The molecule has 2 nitrogen and oxygen atoms in total. The van der Waals surface area contributed by atoms with Gasteiger partial charge in [-0.3, -0.25) is 4.90 Å². The van der Waals surface area contributed by atoms with Gasteiger partial charge in [0.15, 0.2) is 0 Å². The zero-order valence-corrected chi connectivity index (χ0v) is 9.46. The van der Waals surface area contributed by atoms with Crippen LogP contribution in [0.2, 0.25) is 0 Å². The van der Waals surface area contributed by atoms with Crippen molar-refractivity contribution < 1.29 is 9.60 Å². The molecule has 2 unspecified atom stereocenters. The summed E-state index contributed by atoms with van der Waals surface area (Å²) in [5.41, 5.74) is 0.876. The van der Waals surface area contributed by atoms with E-state index in [9.17, 15) is 0 Å². The van der Waals surface area contributed by atoms with E-state index in [1.807, 2.05) is 30.3 Å². The molecule has 0 aromatic heterocycles. The van der Waals surface area contributed by atoms with Crippen LogP contribution >= 0.6 is 0 Å². The number of nitrogens with zero attached hydrogens (tertiary/aromatic N) is 1. The first-order valence-corrected chi connectivity index (χ1v) is 5.47. The first-order valence-electron chi connectivity index (χ1n) is 8.97. The molecule has 0 amide bonds. The topological polar surface area (TPSA) is 15.3 Å². The molecule has 2 heteroatoms. The molecule has 0 radical (unpaired) electrons. The summed E-state index contributed by atoms with van der Waals surface area (Å²) in [4.78, 5) is 1.43. The van der Waals surface area contributed by atoms with Crippen LogP contribution in [0, 0.1) is 5.89 Å². The Kier molecular flexibility index (Phi) is 1.93. The summed E-state index contributed by atoms with van der Waals surface area (Å²) in [6.45, 7) is -4.71. The van der Waals surface area contributed by atoms with Gasteiger partial charge in [-0.1, -0.05) is 37.2 Å². The molecule has 0 saturated carbocycles. The Balaban J connectivity index is 2.39. The lowest BCUT2D eigenvalue weighted by Gasteiger charge is -2.37. The summed E-state index contributed by atoms with van der Waals surface area (Å²) in [6, 6.07) is 6.98. The predicted molar refractivity (Wildman–Crippen MR) is 68.3 cm³/mol. The molecule has 1 aromatic carbocycles. The van der Waals surface area contributed by atoms with E-state index in [2.05, 4.69) is 5.32 Å². The average molecular weight is 225 g/mol. The highest BCUT2D eigenvalue weighted by molar-refractivity contribution is 5.14. The summed E-state index contributed by atoms with van der Waals surface area (Å²) >= 11 is 0. The predicted octanol–water partition coefficient (Wildman–Crippen LogP) is 2.12. The van der Waals surface area contributed by atoms with E-state index < -0.39 is 25.3 Å². The number of hydrogen-bond acceptors (Lipinski definition) is 2. The second kappa shape index (κ2) is 5.46. The third-order valence-electron chi connectivity index (χ3n) is 2.67. The van der Waals surface area contributed by atoms with Gasteiger partial charge < -0.3 is 5.32 Å². The summed E-state index contributed by atoms with van der Waals surface area (Å²) in [6.07, 6.45) is -0.111. The van der Waals surface area contributed by atoms with E-state index in [4.69, 9.17) is 9.60 Å². The average Bonchev–Trinajstić information content (AvgIpc) is 2.48. The van der Waals surface area contributed by atoms with Gasteiger partial charge >= 0.3 is 0 Å². The number of likely N-dealkylation sites (tertiary alicyclic amines) is 1. The summed E-state index contributed by atoms with van der Waals surface area (Å²) < 4.78 is 56.6. The van der Waals surface area contributed by atoms with Gasteiger partial charge in [0.25, 0.3) is 0 Å². The molecule has 2 rings (SSSR count). The highest BCUT2D eigenvalue weighted by Gasteiger charge is 2.24. The van der Waals surface area contributed by atoms with Gasteiger partial charge in [-0.25, -0.2) is 0 Å². The molecule has 1 aromatic rings. The number of piperidine rings is 1. The highest BCUT2D eigenvalue weighted by Crippen LogP contribution is 2.18. The molecule has 1 N–H and O–H groups in total. The molecule has 88 valence electrons. The minimum absolute atomic E-state index is 0.103. The number of benzene rings is 1. The van der Waals surface area contributed by atoms with Crippen LogP contribution in [0.1, 0.15) is 28.4 Å². The normalized spacial score (nSPS) is 46.4. The van der Waals surface area contributed by atoms with E-state index in [0.717, 1.165) is 5.56 Å². The van der Waals surface area contributed by atoms with Crippen molar-refractivity contribution in [3.63, 3.8) is 0 Å². The van der Waals surface area contributed by atoms with E-state index >= 15 is 0 Å². The Morgan fingerprint density at radius 3 is 3.06 bits per heavy atom. The van der Waals surface area contributed by atoms with Gasteiger partial charge in [0.05, 0.1) is 0 Å². The third-order valence-corrected chi connectivity index (χ3v) is 2.67. The second-order valence-electron chi connectivity index (χ2n) is 3.87. The Hall–Kier alpha value is -0.860. The van der Waals surface area contributed by atoms with Crippen LogP contribution in [0.25, 0.3) is 0 Å². The quantitative estimate of drug-likeness (QED) is 0.847. The number of nitrogens with one attached hydrogen (secondary N) is 1. The third kappa shape index (κ3) is 2.83. The van der Waals surface area contributed by atoms with Crippen LogP contribution in [0.4, 0.5) is 0 Å². The number of likely N-dealkylation sites (N-methyl/N-ethyl adjacent to an activating group) is 1. The fraction of sp³-hybridized carbons (Fsp3) is 0.571. The number of hydrogen-bond donors (Lipinski definition) is 1. The zero-order chi connectivity index (χ0) is 17.5. The van der Waals surface area contributed by atoms with E-state index in [1.165, 1.54) is 11.9 Å². The van der Waals surface area contributed by atoms with Crippen molar-refractivity contribution in [3.05, 3.63) is 35.9 Å². The van der Waals surface area contributed by atoms with Gasteiger partial charge in [0, 0.05) is 28.7 Å². The molecule has 0 spiro atoms. The first-order chi connectivity index (χ1) is 10.5. The summed E-state index contributed by atoms with van der Waals surface area (Å²) in [5.74, 6) is -2.23. The maximum absolute atomic E-state index is 8.50. The molecule has 0 aliphatic carbocycles. The van der Waals surface area contributed by atoms with Crippen LogP contribution in [-0.4, -0.2) is 31.0 Å². The van der Waals surface area contributed by atoms with E-state index in [1.54, 1.807) is 0 Å². The molecule has 1 saturated heterocycles. The minimum atomic E-state index is -2.76. The van der Waals surface area contributed by atoms with Gasteiger partial charge in [-0.05, 0) is 31.5 Å². The van der Waals surface area contributed by atoms with Crippen LogP contribution in [0.3, 0.4) is 0 Å². The summed E-state index contributed by atoms with van der Waals surface area (Å²) in [7, 11) is 1.34. The van der Waals surface area contributed by atoms with Gasteiger partial charge in [0.2, 0.25) is 0 Å². The maximum Gasteiger partial charge on any atom is 0.0481 e. The van der Waals surface area contributed by atoms with Crippen molar-refractivity contribution in [1.82, 2.24) is 10.2 Å². The van der Waals surface area contributed by atoms with Crippen molar-refractivity contribution in [3.8, 4) is 0 Å².